The summed E-state index contributed by atoms with van der Waals surface area (Å²) >= 11 is 5.89. The fourth-order valence-electron chi connectivity index (χ4n) is 1.56. The quantitative estimate of drug-likeness (QED) is 0.766. The van der Waals surface area contributed by atoms with Gasteiger partial charge in [0.1, 0.15) is 0 Å². The van der Waals surface area contributed by atoms with E-state index >= 15 is 0 Å². The number of halogens is 1. The molecule has 0 fully saturated rings. The van der Waals surface area contributed by atoms with Gasteiger partial charge in [0.15, 0.2) is 0 Å². The van der Waals surface area contributed by atoms with Crippen LogP contribution in [0.4, 0.5) is 0 Å². The fraction of sp³-hybridized carbons (Fsp3) is 0.462. The minimum atomic E-state index is -0.174. The summed E-state index contributed by atoms with van der Waals surface area (Å²) in [4.78, 5) is 11.8. The van der Waals surface area contributed by atoms with Crippen LogP contribution in [0.5, 0.6) is 0 Å². The van der Waals surface area contributed by atoms with Crippen molar-refractivity contribution in [3.05, 3.63) is 34.9 Å². The standard InChI is InChI=1S/C13H19ClN2O/c1-10(11-5-4-6-12(14)9-11)13(17)16-8-3-2-7-15/h4-6,9-10H,2-3,7-8,15H2,1H3,(H,16,17). The van der Waals surface area contributed by atoms with Crippen LogP contribution in [0, 0.1) is 0 Å². The molecule has 0 heterocycles. The third kappa shape index (κ3) is 4.75. The molecule has 0 aromatic heterocycles. The van der Waals surface area contributed by atoms with E-state index in [9.17, 15) is 4.79 Å². The average molecular weight is 255 g/mol. The Bertz CT molecular complexity index is 368. The number of benzene rings is 1. The molecular formula is C13H19ClN2O. The van der Waals surface area contributed by atoms with E-state index in [0.717, 1.165) is 18.4 Å². The lowest BCUT2D eigenvalue weighted by Gasteiger charge is -2.12. The van der Waals surface area contributed by atoms with E-state index in [2.05, 4.69) is 5.32 Å². The van der Waals surface area contributed by atoms with Crippen molar-refractivity contribution in [2.75, 3.05) is 13.1 Å². The first-order valence-electron chi connectivity index (χ1n) is 5.88. The summed E-state index contributed by atoms with van der Waals surface area (Å²) in [6.45, 7) is 3.23. The monoisotopic (exact) mass is 254 g/mol. The van der Waals surface area contributed by atoms with Crippen LogP contribution < -0.4 is 11.1 Å². The van der Waals surface area contributed by atoms with Crippen LogP contribution >= 0.6 is 11.6 Å². The summed E-state index contributed by atoms with van der Waals surface area (Å²) in [5.74, 6) is -0.143. The molecule has 1 aromatic rings. The van der Waals surface area contributed by atoms with E-state index in [1.165, 1.54) is 0 Å². The van der Waals surface area contributed by atoms with Crippen LogP contribution in [0.15, 0.2) is 24.3 Å². The van der Waals surface area contributed by atoms with Gasteiger partial charge in [-0.3, -0.25) is 4.79 Å². The van der Waals surface area contributed by atoms with Gasteiger partial charge < -0.3 is 11.1 Å². The van der Waals surface area contributed by atoms with E-state index in [4.69, 9.17) is 17.3 Å². The average Bonchev–Trinajstić information content (AvgIpc) is 2.33. The number of carbonyl (C=O) groups excluding carboxylic acids is 1. The highest BCUT2D eigenvalue weighted by Crippen LogP contribution is 2.19. The van der Waals surface area contributed by atoms with Crippen molar-refractivity contribution in [2.24, 2.45) is 5.73 Å². The van der Waals surface area contributed by atoms with Gasteiger partial charge in [-0.25, -0.2) is 0 Å². The second-order valence-corrected chi connectivity index (χ2v) is 4.50. The molecule has 1 aromatic carbocycles. The van der Waals surface area contributed by atoms with Crippen molar-refractivity contribution in [1.82, 2.24) is 5.32 Å². The molecule has 1 rings (SSSR count). The van der Waals surface area contributed by atoms with Crippen LogP contribution in [-0.4, -0.2) is 19.0 Å². The third-order valence-electron chi connectivity index (χ3n) is 2.67. The third-order valence-corrected chi connectivity index (χ3v) is 2.91. The molecule has 1 unspecified atom stereocenters. The molecule has 0 bridgehead atoms. The fourth-order valence-corrected chi connectivity index (χ4v) is 1.76. The summed E-state index contributed by atoms with van der Waals surface area (Å²) < 4.78 is 0. The van der Waals surface area contributed by atoms with E-state index in [0.29, 0.717) is 18.1 Å². The van der Waals surface area contributed by atoms with Crippen molar-refractivity contribution in [3.63, 3.8) is 0 Å². The predicted octanol–water partition coefficient (Wildman–Crippen LogP) is 2.30. The lowest BCUT2D eigenvalue weighted by atomic mass is 10.0. The van der Waals surface area contributed by atoms with Gasteiger partial charge in [-0.2, -0.15) is 0 Å². The van der Waals surface area contributed by atoms with Crippen molar-refractivity contribution in [2.45, 2.75) is 25.7 Å². The molecule has 94 valence electrons. The van der Waals surface area contributed by atoms with Crippen molar-refractivity contribution in [3.8, 4) is 0 Å². The number of rotatable bonds is 6. The number of hydrogen-bond donors (Lipinski definition) is 2. The molecule has 0 aliphatic rings. The van der Waals surface area contributed by atoms with Gasteiger partial charge in [-0.05, 0) is 44.0 Å². The zero-order valence-electron chi connectivity index (χ0n) is 10.1. The van der Waals surface area contributed by atoms with Gasteiger partial charge in [0.05, 0.1) is 5.92 Å². The summed E-state index contributed by atoms with van der Waals surface area (Å²) in [5.41, 5.74) is 6.32. The van der Waals surface area contributed by atoms with Crippen molar-refractivity contribution in [1.29, 1.82) is 0 Å². The minimum absolute atomic E-state index is 0.0317. The van der Waals surface area contributed by atoms with E-state index in [1.54, 1.807) is 6.07 Å². The predicted molar refractivity (Wildman–Crippen MR) is 71.2 cm³/mol. The topological polar surface area (TPSA) is 55.1 Å². The molecule has 0 aliphatic heterocycles. The Morgan fingerprint density at radius 1 is 1.47 bits per heavy atom. The second kappa shape index (κ2) is 7.30. The first-order valence-corrected chi connectivity index (χ1v) is 6.26. The van der Waals surface area contributed by atoms with Gasteiger partial charge >= 0.3 is 0 Å². The van der Waals surface area contributed by atoms with Gasteiger partial charge in [0.2, 0.25) is 5.91 Å². The van der Waals surface area contributed by atoms with Crippen LogP contribution in [0.3, 0.4) is 0 Å². The number of amides is 1. The zero-order chi connectivity index (χ0) is 12.7. The molecule has 0 saturated carbocycles. The molecule has 4 heteroatoms. The summed E-state index contributed by atoms with van der Waals surface area (Å²) in [6, 6.07) is 7.40. The molecule has 17 heavy (non-hydrogen) atoms. The van der Waals surface area contributed by atoms with Crippen LogP contribution in [0.1, 0.15) is 31.2 Å². The maximum absolute atomic E-state index is 11.8. The highest BCUT2D eigenvalue weighted by atomic mass is 35.5. The Labute approximate surface area is 107 Å². The van der Waals surface area contributed by atoms with Crippen molar-refractivity contribution >= 4 is 17.5 Å². The Morgan fingerprint density at radius 3 is 2.88 bits per heavy atom. The zero-order valence-corrected chi connectivity index (χ0v) is 10.8. The number of carbonyl (C=O) groups is 1. The number of hydrogen-bond acceptors (Lipinski definition) is 2. The Balaban J connectivity index is 2.46. The maximum Gasteiger partial charge on any atom is 0.227 e. The first kappa shape index (κ1) is 14.0. The molecule has 3 nitrogen and oxygen atoms in total. The molecule has 3 N–H and O–H groups in total. The Kier molecular flexibility index (Phi) is 6.01. The van der Waals surface area contributed by atoms with E-state index in [1.807, 2.05) is 25.1 Å². The lowest BCUT2D eigenvalue weighted by molar-refractivity contribution is -0.122. The molecule has 0 spiro atoms. The summed E-state index contributed by atoms with van der Waals surface area (Å²) in [5, 5.41) is 3.56. The van der Waals surface area contributed by atoms with Crippen LogP contribution in [-0.2, 0) is 4.79 Å². The smallest absolute Gasteiger partial charge is 0.227 e. The SMILES string of the molecule is CC(C(=O)NCCCCN)c1cccc(Cl)c1. The van der Waals surface area contributed by atoms with Crippen LogP contribution in [0.25, 0.3) is 0 Å². The van der Waals surface area contributed by atoms with E-state index < -0.39 is 0 Å². The molecule has 0 saturated heterocycles. The highest BCUT2D eigenvalue weighted by molar-refractivity contribution is 6.30. The largest absolute Gasteiger partial charge is 0.356 e. The van der Waals surface area contributed by atoms with Gasteiger partial charge in [0, 0.05) is 11.6 Å². The van der Waals surface area contributed by atoms with Gasteiger partial charge in [0.25, 0.3) is 0 Å². The summed E-state index contributed by atoms with van der Waals surface area (Å²) in [7, 11) is 0. The van der Waals surface area contributed by atoms with Crippen LogP contribution in [0.2, 0.25) is 5.02 Å². The molecule has 0 radical (unpaired) electrons. The number of unbranched alkanes of at least 4 members (excludes halogenated alkanes) is 1. The number of nitrogens with one attached hydrogen (secondary N) is 1. The van der Waals surface area contributed by atoms with Crippen molar-refractivity contribution < 1.29 is 4.79 Å². The highest BCUT2D eigenvalue weighted by Gasteiger charge is 2.14. The van der Waals surface area contributed by atoms with Gasteiger partial charge in [-0.15, -0.1) is 0 Å². The Morgan fingerprint density at radius 2 is 2.24 bits per heavy atom. The molecule has 1 atom stereocenters. The Hall–Kier alpha value is -1.06. The minimum Gasteiger partial charge on any atom is -0.356 e. The van der Waals surface area contributed by atoms with Gasteiger partial charge in [-0.1, -0.05) is 23.7 Å². The molecular weight excluding hydrogens is 236 g/mol. The summed E-state index contributed by atoms with van der Waals surface area (Å²) in [6.07, 6.45) is 1.86. The molecule has 1 amide bonds. The first-order chi connectivity index (χ1) is 8.15. The normalized spacial score (nSPS) is 12.2. The maximum atomic E-state index is 11.8. The second-order valence-electron chi connectivity index (χ2n) is 4.06. The molecule has 0 aliphatic carbocycles. The van der Waals surface area contributed by atoms with E-state index in [-0.39, 0.29) is 11.8 Å². The number of nitrogens with two attached hydrogens (primary N) is 1. The lowest BCUT2D eigenvalue weighted by Crippen LogP contribution is -2.29.